The first kappa shape index (κ1) is 105. The van der Waals surface area contributed by atoms with Gasteiger partial charge in [0.05, 0.1) is 107 Å². The van der Waals surface area contributed by atoms with E-state index in [1.54, 1.807) is 145 Å². The van der Waals surface area contributed by atoms with Crippen molar-refractivity contribution >= 4 is 167 Å². The van der Waals surface area contributed by atoms with Crippen LogP contribution in [0, 0.1) is 0 Å². The molecule has 3 aromatic heterocycles. The summed E-state index contributed by atoms with van der Waals surface area (Å²) in [6, 6.07) is 36.2. The largest absolute Gasteiger partial charge is 0.543 e. The fourth-order valence-electron chi connectivity index (χ4n) is 14.8. The zero-order valence-electron chi connectivity index (χ0n) is 75.8. The summed E-state index contributed by atoms with van der Waals surface area (Å²) in [7, 11) is -1.97. The number of aromatic hydroxyl groups is 1. The summed E-state index contributed by atoms with van der Waals surface area (Å²) < 4.78 is 51.1. The lowest BCUT2D eigenvalue weighted by atomic mass is 9.86. The lowest BCUT2D eigenvalue weighted by Gasteiger charge is -2.47. The van der Waals surface area contributed by atoms with Crippen LogP contribution in [0.15, 0.2) is 141 Å². The van der Waals surface area contributed by atoms with Crippen molar-refractivity contribution in [3.8, 4) is 56.8 Å². The highest BCUT2D eigenvalue weighted by Gasteiger charge is 2.51. The van der Waals surface area contributed by atoms with Crippen LogP contribution in [0.4, 0.5) is 14.4 Å². The molecule has 4 saturated heterocycles. The predicted octanol–water partition coefficient (Wildman–Crippen LogP) is 26.1. The number of aromatic nitrogens is 3. The van der Waals surface area contributed by atoms with Crippen LogP contribution in [0.1, 0.15) is 196 Å². The van der Waals surface area contributed by atoms with E-state index in [4.69, 9.17) is 169 Å². The molecule has 0 bridgehead atoms. The topological polar surface area (TPSA) is 308 Å². The van der Waals surface area contributed by atoms with Gasteiger partial charge in [0, 0.05) is 75.4 Å². The van der Waals surface area contributed by atoms with Gasteiger partial charge in [0.15, 0.2) is 0 Å². The summed E-state index contributed by atoms with van der Waals surface area (Å²) in [6.07, 6.45) is 5.08. The molecule has 7 aliphatic rings. The number of likely N-dealkylation sites (tertiary alicyclic amines) is 3. The second kappa shape index (κ2) is 41.4. The van der Waals surface area contributed by atoms with Gasteiger partial charge in [0.2, 0.25) is 8.32 Å². The van der Waals surface area contributed by atoms with Gasteiger partial charge in [-0.1, -0.05) is 195 Å². The molecular weight excluding hydrogens is 1980 g/mol. The number of amides is 3. The summed E-state index contributed by atoms with van der Waals surface area (Å²) in [5.74, 6) is 5.79. The number of benzene rings is 7. The Bertz CT molecular complexity index is 5830. The van der Waals surface area contributed by atoms with E-state index >= 15 is 0 Å². The molecule has 37 heteroatoms. The van der Waals surface area contributed by atoms with Crippen molar-refractivity contribution in [2.75, 3.05) is 52.4 Å². The molecule has 3 aliphatic carbocycles. The number of phenols is 1. The van der Waals surface area contributed by atoms with Crippen LogP contribution >= 0.6 is 140 Å². The Morgan fingerprint density at radius 2 is 0.692 bits per heavy atom. The van der Waals surface area contributed by atoms with E-state index in [2.05, 4.69) is 54.7 Å². The number of ether oxygens (including phenoxy) is 5. The fraction of sp³-hybridized carbons (Fsp3) is 0.438. The number of β-amino-alcohol motifs (C(OH)–C–C–N with tert-alkyl or cyclic N) is 4. The number of alkyl halides is 1. The number of rotatable bonds is 19. The van der Waals surface area contributed by atoms with Crippen molar-refractivity contribution in [1.29, 1.82) is 0 Å². The summed E-state index contributed by atoms with van der Waals surface area (Å²) in [5.41, 5.74) is 2.38. The number of carbonyl (C=O) groups is 3. The van der Waals surface area contributed by atoms with Crippen molar-refractivity contribution in [2.24, 2.45) is 0 Å². The predicted molar refractivity (Wildman–Crippen MR) is 524 cm³/mol. The molecule has 6 N–H and O–H groups in total. The minimum Gasteiger partial charge on any atom is -0.543 e. The van der Waals surface area contributed by atoms with E-state index in [0.717, 1.165) is 72.5 Å². The third-order valence-corrected chi connectivity index (χ3v) is 31.0. The maximum Gasteiger partial charge on any atom is 0.410 e. The highest BCUT2D eigenvalue weighted by Crippen LogP contribution is 2.52. The Hall–Kier alpha value is -7.32. The summed E-state index contributed by atoms with van der Waals surface area (Å²) in [4.78, 5) is 40.5. The van der Waals surface area contributed by atoms with E-state index in [0.29, 0.717) is 155 Å². The Balaban J connectivity index is 0.000000153. The van der Waals surface area contributed by atoms with Crippen molar-refractivity contribution in [3.63, 3.8) is 0 Å². The monoisotopic (exact) mass is 2080 g/mol. The number of phenolic OH excluding ortho intramolecular Hbond substituents is 1. The number of aliphatic hydroxyl groups is 4. The Morgan fingerprint density at radius 3 is 0.962 bits per heavy atom. The molecule has 0 radical (unpaired) electrons. The molecule has 0 spiro atoms. The molecule has 0 unspecified atom stereocenters. The van der Waals surface area contributed by atoms with Crippen LogP contribution in [0.2, 0.25) is 68.4 Å². The number of carbonyl (C=O) groups excluding carboxylic acids is 3. The molecule has 10 aromatic rings. The first-order chi connectivity index (χ1) is 61.8. The molecule has 7 fully saturated rings. The molecular formula is C96H107Cl12N7O17Si. The highest BCUT2D eigenvalue weighted by atomic mass is 35.5. The van der Waals surface area contributed by atoms with E-state index < -0.39 is 65.8 Å². The third-order valence-electron chi connectivity index (χ3n) is 23.3. The maximum atomic E-state index is 12.3. The van der Waals surface area contributed by atoms with Gasteiger partial charge < -0.3 is 87.2 Å². The number of hydrogen-bond acceptors (Lipinski definition) is 21. The van der Waals surface area contributed by atoms with Crippen LogP contribution < -0.4 is 19.2 Å². The zero-order chi connectivity index (χ0) is 96.1. The van der Waals surface area contributed by atoms with Gasteiger partial charge in [0.25, 0.3) is 0 Å². The van der Waals surface area contributed by atoms with Crippen LogP contribution in [-0.4, -0.2) is 151 Å². The van der Waals surface area contributed by atoms with E-state index in [1.807, 2.05) is 32.9 Å². The Morgan fingerprint density at radius 1 is 0.414 bits per heavy atom. The van der Waals surface area contributed by atoms with Crippen molar-refractivity contribution in [1.82, 2.24) is 35.5 Å². The zero-order valence-corrected chi connectivity index (χ0v) is 85.9. The number of nitrogens with one attached hydrogen (secondary N) is 1. The van der Waals surface area contributed by atoms with Crippen LogP contribution in [0.5, 0.6) is 23.0 Å². The number of hydrogen-bond donors (Lipinski definition) is 6. The molecule has 3 saturated carbocycles. The summed E-state index contributed by atoms with van der Waals surface area (Å²) >= 11 is 69.5. The van der Waals surface area contributed by atoms with E-state index in [-0.39, 0.29) is 80.7 Å². The molecule has 3 amide bonds. The molecule has 4 aliphatic heterocycles. The quantitative estimate of drug-likeness (QED) is 0.0249. The fourth-order valence-corrected chi connectivity index (χ4v) is 19.2. The first-order valence-corrected chi connectivity index (χ1v) is 50.2. The standard InChI is InChI=1S/C27H27Cl3N2O5.C22H19Cl3N2O3.C20H32ClNO4Si.C14H18ClNO4.C13H10Cl3NO.ClH/c1-26(2,3)36-25(33)32-13-27(34,14-32)18-10-9-16(11-21(18)30)35-12-17-23(31-37-24(17)15-7-8-15)22-19(28)5-4-6-20(22)29;23-16-2-1-3-17(24)19(16)20-14(21(30-27-20)12-4-5-12)9-29-13-6-7-15(18(25)8-13)22(28)10-26-11-22;1-18(2,3)25-17(23)22-12-20(24,13-22)15-10-9-14(11-16(15)21)26-27(7,8)19(4,5)6;1-13(2,3)20-12(18)16-7-14(19,8-16)10-5-4-9(17)6-11(10)15;14-6-8-12(17-18-13(8)7-4-5-7)11-9(15)2-1-3-10(11)16;/h4-6,9-11,15,34H,7-8,12-14H2,1-3H3;1-3,6-8,12,26,28H,4-5,9-11H2;9-11,24H,12-13H2,1-8H3;4-6,17,19H,7-8H2,1-3H3;1-3,7H,4-6H2;1H. The third kappa shape index (κ3) is 25.1. The van der Waals surface area contributed by atoms with Gasteiger partial charge in [-0.3, -0.25) is 0 Å². The van der Waals surface area contributed by atoms with E-state index in [9.17, 15) is 39.9 Å². The lowest BCUT2D eigenvalue weighted by molar-refractivity contribution is -0.103. The average Bonchev–Trinajstić information content (AvgIpc) is 1.57. The van der Waals surface area contributed by atoms with Gasteiger partial charge in [-0.2, -0.15) is 0 Å². The molecule has 7 heterocycles. The molecule has 7 aromatic carbocycles. The lowest BCUT2D eigenvalue weighted by Crippen LogP contribution is -2.62. The average molecular weight is 2080 g/mol. The summed E-state index contributed by atoms with van der Waals surface area (Å²) in [5, 5.41) is 72.6. The summed E-state index contributed by atoms with van der Waals surface area (Å²) in [6.45, 7) is 29.2. The normalized spacial score (nSPS) is 16.9. The van der Waals surface area contributed by atoms with Gasteiger partial charge in [-0.05, 0) is 204 Å². The van der Waals surface area contributed by atoms with Crippen LogP contribution in [-0.2, 0) is 55.7 Å². The second-order valence-corrected chi connectivity index (χ2v) is 47.7. The minimum atomic E-state index is -1.97. The minimum absolute atomic E-state index is 0. The molecule has 17 rings (SSSR count). The molecule has 133 heavy (non-hydrogen) atoms. The van der Waals surface area contributed by atoms with Gasteiger partial charge >= 0.3 is 18.3 Å². The number of nitrogens with zero attached hydrogens (tertiary/aromatic N) is 6. The van der Waals surface area contributed by atoms with Gasteiger partial charge in [-0.25, -0.2) is 14.4 Å². The van der Waals surface area contributed by atoms with Gasteiger partial charge in [0.1, 0.15) is 110 Å². The Labute approximate surface area is 835 Å². The van der Waals surface area contributed by atoms with Crippen molar-refractivity contribution < 1.29 is 81.6 Å². The molecule has 24 nitrogen and oxygen atoms in total. The van der Waals surface area contributed by atoms with Gasteiger partial charge in [-0.15, -0.1) is 24.0 Å². The van der Waals surface area contributed by atoms with Crippen molar-refractivity contribution in [2.45, 2.75) is 216 Å². The smallest absolute Gasteiger partial charge is 0.410 e. The molecule has 716 valence electrons. The first-order valence-electron chi connectivity index (χ1n) is 43.0. The van der Waals surface area contributed by atoms with Crippen LogP contribution in [0.3, 0.4) is 0 Å². The highest BCUT2D eigenvalue weighted by molar-refractivity contribution is 6.74. The second-order valence-electron chi connectivity index (χ2n) is 38.6. The maximum absolute atomic E-state index is 12.3. The SMILES string of the molecule is CC(C)(C)OC(=O)N1CC(O)(c2ccc(O)cc2Cl)C1.CC(C)(C)OC(=O)N1CC(O)(c2ccc(OCc3c(-c4c(Cl)cccc4Cl)noc3C3CC3)cc2Cl)C1.CC(C)(C)OC(=O)N1CC(O)(c2ccc(O[Si](C)(C)C(C)(C)C)cc2Cl)C1.Cl.ClCc1c(-c2c(Cl)cccc2Cl)noc1C1CC1.OC1(c2ccc(OCc3c(-c4c(Cl)cccc4Cl)noc3C3CC3)cc2Cl)CNC1. The van der Waals surface area contributed by atoms with Crippen LogP contribution in [0.25, 0.3) is 33.8 Å². The number of halogens is 12. The van der Waals surface area contributed by atoms with E-state index in [1.165, 1.54) is 26.8 Å². The molecule has 0 atom stereocenters. The Kier molecular flexibility index (Phi) is 32.5. The van der Waals surface area contributed by atoms with Crippen molar-refractivity contribution in [3.05, 3.63) is 234 Å².